The Balaban J connectivity index is 1.61. The molecule has 0 saturated carbocycles. The number of carbonyl (C=O) groups excluding carboxylic acids is 1. The number of H-pyrrole nitrogens is 1. The Morgan fingerprint density at radius 1 is 1.29 bits per heavy atom. The highest BCUT2D eigenvalue weighted by Gasteiger charge is 2.14. The number of aromatic nitrogens is 2. The van der Waals surface area contributed by atoms with Gasteiger partial charge in [-0.1, -0.05) is 0 Å². The molecule has 0 spiro atoms. The van der Waals surface area contributed by atoms with Gasteiger partial charge in [0.2, 0.25) is 0 Å². The van der Waals surface area contributed by atoms with Crippen LogP contribution in [0.15, 0.2) is 24.3 Å². The number of benzene rings is 1. The Morgan fingerprint density at radius 2 is 2.05 bits per heavy atom. The van der Waals surface area contributed by atoms with Crippen molar-refractivity contribution >= 4 is 5.91 Å². The molecule has 0 saturated heterocycles. The van der Waals surface area contributed by atoms with Crippen molar-refractivity contribution in [2.75, 3.05) is 7.11 Å². The fraction of sp³-hybridized carbons (Fsp3) is 0.375. The minimum Gasteiger partial charge on any atom is -0.497 e. The van der Waals surface area contributed by atoms with Gasteiger partial charge in [-0.3, -0.25) is 4.79 Å². The van der Waals surface area contributed by atoms with Gasteiger partial charge in [0.15, 0.2) is 0 Å². The predicted molar refractivity (Wildman–Crippen MR) is 79.4 cm³/mol. The summed E-state index contributed by atoms with van der Waals surface area (Å²) in [4.78, 5) is 19.9. The molecule has 0 atom stereocenters. The second-order valence-electron chi connectivity index (χ2n) is 5.23. The highest BCUT2D eigenvalue weighted by Crippen LogP contribution is 2.18. The minimum atomic E-state index is -0.105. The fourth-order valence-corrected chi connectivity index (χ4v) is 2.60. The molecule has 1 heterocycles. The molecule has 1 aromatic heterocycles. The Hall–Kier alpha value is -2.30. The van der Waals surface area contributed by atoms with E-state index in [9.17, 15) is 4.79 Å². The molecular formula is C16H19N3O2. The van der Waals surface area contributed by atoms with Gasteiger partial charge in [0, 0.05) is 11.3 Å². The number of rotatable bonds is 4. The number of methoxy groups -OCH3 is 1. The molecule has 110 valence electrons. The minimum absolute atomic E-state index is 0.105. The summed E-state index contributed by atoms with van der Waals surface area (Å²) in [5.41, 5.74) is 3.01. The van der Waals surface area contributed by atoms with Crippen LogP contribution in [0.4, 0.5) is 0 Å². The molecule has 0 bridgehead atoms. The van der Waals surface area contributed by atoms with Crippen LogP contribution in [-0.2, 0) is 19.4 Å². The Bertz CT molecular complexity index is 608. The van der Waals surface area contributed by atoms with Gasteiger partial charge in [0.05, 0.1) is 19.3 Å². The first-order chi connectivity index (χ1) is 10.3. The van der Waals surface area contributed by atoms with Crippen molar-refractivity contribution in [1.82, 2.24) is 15.3 Å². The van der Waals surface area contributed by atoms with E-state index in [1.165, 1.54) is 18.5 Å². The Kier molecular flexibility index (Phi) is 3.90. The van der Waals surface area contributed by atoms with Gasteiger partial charge in [0.1, 0.15) is 11.6 Å². The number of amides is 1. The zero-order valence-electron chi connectivity index (χ0n) is 12.1. The van der Waals surface area contributed by atoms with E-state index < -0.39 is 0 Å². The van der Waals surface area contributed by atoms with E-state index in [-0.39, 0.29) is 5.91 Å². The summed E-state index contributed by atoms with van der Waals surface area (Å²) in [5, 5.41) is 2.89. The molecular weight excluding hydrogens is 266 g/mol. The first-order valence-corrected chi connectivity index (χ1v) is 7.25. The summed E-state index contributed by atoms with van der Waals surface area (Å²) in [6, 6.07) is 7.06. The third kappa shape index (κ3) is 3.07. The Morgan fingerprint density at radius 3 is 2.76 bits per heavy atom. The van der Waals surface area contributed by atoms with Gasteiger partial charge < -0.3 is 15.0 Å². The highest BCUT2D eigenvalue weighted by molar-refractivity contribution is 5.94. The molecule has 2 N–H and O–H groups in total. The van der Waals surface area contributed by atoms with E-state index in [1.807, 2.05) is 0 Å². The van der Waals surface area contributed by atoms with E-state index in [0.717, 1.165) is 30.1 Å². The third-order valence-corrected chi connectivity index (χ3v) is 3.77. The number of imidazole rings is 1. The maximum absolute atomic E-state index is 12.1. The molecule has 2 aromatic rings. The van der Waals surface area contributed by atoms with Crippen LogP contribution in [0.1, 0.15) is 40.4 Å². The number of carbonyl (C=O) groups is 1. The van der Waals surface area contributed by atoms with Crippen LogP contribution in [0.25, 0.3) is 0 Å². The molecule has 0 fully saturated rings. The SMILES string of the molecule is COc1ccc(C(=O)NCc2nc3c([nH]2)CCCC3)cc1. The smallest absolute Gasteiger partial charge is 0.251 e. The molecule has 1 aliphatic carbocycles. The van der Waals surface area contributed by atoms with Crippen LogP contribution in [0.5, 0.6) is 5.75 Å². The van der Waals surface area contributed by atoms with E-state index >= 15 is 0 Å². The van der Waals surface area contributed by atoms with Crippen LogP contribution in [0.2, 0.25) is 0 Å². The third-order valence-electron chi connectivity index (χ3n) is 3.77. The van der Waals surface area contributed by atoms with Crippen LogP contribution in [-0.4, -0.2) is 23.0 Å². The van der Waals surface area contributed by atoms with Gasteiger partial charge in [-0.15, -0.1) is 0 Å². The average molecular weight is 285 g/mol. The van der Waals surface area contributed by atoms with Crippen molar-refractivity contribution in [3.63, 3.8) is 0 Å². The summed E-state index contributed by atoms with van der Waals surface area (Å²) in [6.45, 7) is 0.428. The second kappa shape index (κ2) is 5.99. The lowest BCUT2D eigenvalue weighted by Gasteiger charge is -2.07. The fourth-order valence-electron chi connectivity index (χ4n) is 2.60. The van der Waals surface area contributed by atoms with Gasteiger partial charge in [0.25, 0.3) is 5.91 Å². The van der Waals surface area contributed by atoms with Crippen molar-refractivity contribution in [1.29, 1.82) is 0 Å². The van der Waals surface area contributed by atoms with Gasteiger partial charge in [-0.25, -0.2) is 4.98 Å². The van der Waals surface area contributed by atoms with Crippen LogP contribution in [0, 0.1) is 0 Å². The molecule has 0 aliphatic heterocycles. The largest absolute Gasteiger partial charge is 0.497 e. The van der Waals surface area contributed by atoms with Gasteiger partial charge in [-0.2, -0.15) is 0 Å². The number of nitrogens with one attached hydrogen (secondary N) is 2. The molecule has 0 radical (unpaired) electrons. The number of aryl methyl sites for hydroxylation is 2. The molecule has 21 heavy (non-hydrogen) atoms. The predicted octanol–water partition coefficient (Wildman–Crippen LogP) is 2.23. The van der Waals surface area contributed by atoms with E-state index in [4.69, 9.17) is 4.74 Å². The molecule has 3 rings (SSSR count). The van der Waals surface area contributed by atoms with Gasteiger partial charge >= 0.3 is 0 Å². The average Bonchev–Trinajstić information content (AvgIpc) is 2.95. The quantitative estimate of drug-likeness (QED) is 0.905. The molecule has 5 heteroatoms. The lowest BCUT2D eigenvalue weighted by molar-refractivity contribution is 0.0950. The van der Waals surface area contributed by atoms with Crippen molar-refractivity contribution < 1.29 is 9.53 Å². The van der Waals surface area contributed by atoms with Crippen molar-refractivity contribution in [2.24, 2.45) is 0 Å². The summed E-state index contributed by atoms with van der Waals surface area (Å²) in [5.74, 6) is 1.47. The number of fused-ring (bicyclic) bond motifs is 1. The van der Waals surface area contributed by atoms with Crippen molar-refractivity contribution in [3.05, 3.63) is 47.0 Å². The van der Waals surface area contributed by atoms with Crippen molar-refractivity contribution in [3.8, 4) is 5.75 Å². The van der Waals surface area contributed by atoms with Crippen LogP contribution >= 0.6 is 0 Å². The van der Waals surface area contributed by atoms with Gasteiger partial charge in [-0.05, 0) is 49.9 Å². The molecule has 5 nitrogen and oxygen atoms in total. The maximum atomic E-state index is 12.1. The van der Waals surface area contributed by atoms with Crippen molar-refractivity contribution in [2.45, 2.75) is 32.2 Å². The maximum Gasteiger partial charge on any atom is 0.251 e. The zero-order chi connectivity index (χ0) is 14.7. The first kappa shape index (κ1) is 13.7. The standard InChI is InChI=1S/C16H19N3O2/c1-21-12-8-6-11(7-9-12)16(20)17-10-15-18-13-4-2-3-5-14(13)19-15/h6-9H,2-5,10H2,1H3,(H,17,20)(H,18,19). The lowest BCUT2D eigenvalue weighted by Crippen LogP contribution is -2.23. The van der Waals surface area contributed by atoms with Crippen LogP contribution < -0.4 is 10.1 Å². The summed E-state index contributed by atoms with van der Waals surface area (Å²) in [6.07, 6.45) is 4.52. The van der Waals surface area contributed by atoms with E-state index in [2.05, 4.69) is 15.3 Å². The molecule has 1 aromatic carbocycles. The number of nitrogens with zero attached hydrogens (tertiary/aromatic N) is 1. The summed E-state index contributed by atoms with van der Waals surface area (Å²) in [7, 11) is 1.60. The summed E-state index contributed by atoms with van der Waals surface area (Å²) >= 11 is 0. The van der Waals surface area contributed by atoms with E-state index in [1.54, 1.807) is 31.4 Å². The second-order valence-corrected chi connectivity index (χ2v) is 5.23. The summed E-state index contributed by atoms with van der Waals surface area (Å²) < 4.78 is 5.08. The normalized spacial score (nSPS) is 13.6. The highest BCUT2D eigenvalue weighted by atomic mass is 16.5. The number of hydrogen-bond acceptors (Lipinski definition) is 3. The molecule has 1 amide bonds. The lowest BCUT2D eigenvalue weighted by atomic mass is 10.0. The van der Waals surface area contributed by atoms with Crippen LogP contribution in [0.3, 0.4) is 0 Å². The topological polar surface area (TPSA) is 67.0 Å². The number of aromatic amines is 1. The Labute approximate surface area is 123 Å². The monoisotopic (exact) mass is 285 g/mol. The zero-order valence-corrected chi connectivity index (χ0v) is 12.1. The first-order valence-electron chi connectivity index (χ1n) is 7.25. The molecule has 1 aliphatic rings. The number of hydrogen-bond donors (Lipinski definition) is 2. The van der Waals surface area contributed by atoms with E-state index in [0.29, 0.717) is 12.1 Å². The molecule has 0 unspecified atom stereocenters. The number of ether oxygens (including phenoxy) is 1.